The van der Waals surface area contributed by atoms with E-state index in [1.165, 1.54) is 6.07 Å². The van der Waals surface area contributed by atoms with E-state index in [2.05, 4.69) is 9.97 Å². The minimum Gasteiger partial charge on any atom is -0.474 e. The molecule has 150 valence electrons. The molecule has 1 spiro atoms. The molecule has 1 aliphatic carbocycles. The number of nitrogens with zero attached hydrogens (tertiary/aromatic N) is 2. The van der Waals surface area contributed by atoms with Crippen LogP contribution in [0.3, 0.4) is 0 Å². The summed E-state index contributed by atoms with van der Waals surface area (Å²) in [5, 5.41) is 0. The number of aryl methyl sites for hydroxylation is 1. The summed E-state index contributed by atoms with van der Waals surface area (Å²) < 4.78 is 55.9. The lowest BCUT2D eigenvalue weighted by Gasteiger charge is -2.35. The molecule has 0 amide bonds. The lowest BCUT2D eigenvalue weighted by molar-refractivity contribution is -0.191. The van der Waals surface area contributed by atoms with Crippen LogP contribution >= 0.6 is 0 Å². The number of hydrogen-bond acceptors (Lipinski definition) is 7. The summed E-state index contributed by atoms with van der Waals surface area (Å²) in [6.45, 7) is 3.07. The first-order chi connectivity index (χ1) is 12.8. The van der Waals surface area contributed by atoms with Crippen LogP contribution in [0.15, 0.2) is 6.07 Å². The van der Waals surface area contributed by atoms with E-state index in [-0.39, 0.29) is 18.1 Å². The Kier molecular flexibility index (Phi) is 7.29. The lowest BCUT2D eigenvalue weighted by atomic mass is 9.92. The summed E-state index contributed by atoms with van der Waals surface area (Å²) in [5.74, 6) is -1.66. The summed E-state index contributed by atoms with van der Waals surface area (Å²) in [7, 11) is 0. The van der Waals surface area contributed by atoms with Crippen LogP contribution in [-0.4, -0.2) is 41.2 Å². The molecule has 1 aromatic rings. The molecule has 0 bridgehead atoms. The number of aromatic nitrogens is 2. The highest BCUT2D eigenvalue weighted by molar-refractivity contribution is 5.20. The van der Waals surface area contributed by atoms with Gasteiger partial charge in [-0.25, -0.2) is 4.98 Å². The van der Waals surface area contributed by atoms with Crippen molar-refractivity contribution < 1.29 is 37.0 Å². The minimum atomic E-state index is -4.58. The van der Waals surface area contributed by atoms with Gasteiger partial charge >= 0.3 is 12.3 Å². The fourth-order valence-corrected chi connectivity index (χ4v) is 3.15. The maximum Gasteiger partial charge on any atom is 0.451 e. The Morgan fingerprint density at radius 1 is 1.22 bits per heavy atom. The Labute approximate surface area is 154 Å². The number of rotatable bonds is 4. The van der Waals surface area contributed by atoms with E-state index >= 15 is 0 Å². The largest absolute Gasteiger partial charge is 0.474 e. The first kappa shape index (κ1) is 21.3. The van der Waals surface area contributed by atoms with Crippen LogP contribution in [0.2, 0.25) is 0 Å². The van der Waals surface area contributed by atoms with Crippen molar-refractivity contribution in [1.29, 1.82) is 0 Å². The quantitative estimate of drug-likeness (QED) is 0.781. The predicted octanol–water partition coefficient (Wildman–Crippen LogP) is 2.93. The first-order valence-corrected chi connectivity index (χ1v) is 8.71. The van der Waals surface area contributed by atoms with Gasteiger partial charge < -0.3 is 14.2 Å². The van der Waals surface area contributed by atoms with Gasteiger partial charge in [0.1, 0.15) is 6.10 Å². The Morgan fingerprint density at radius 2 is 1.81 bits per heavy atom. The summed E-state index contributed by atoms with van der Waals surface area (Å²) in [6, 6.07) is 1.51. The third-order valence-corrected chi connectivity index (χ3v) is 4.31. The van der Waals surface area contributed by atoms with Gasteiger partial charge in [0.25, 0.3) is 0 Å². The van der Waals surface area contributed by atoms with Gasteiger partial charge in [-0.15, -0.1) is 0 Å². The molecule has 0 radical (unpaired) electrons. The van der Waals surface area contributed by atoms with E-state index in [1.54, 1.807) is 0 Å². The molecule has 1 saturated heterocycles. The SMILES string of the molecule is CCCc1cc(OC2CCC3(CC2)OCCO3)nc(C(F)(F)F)n1.O=C=O. The minimum absolute atomic E-state index is 0.00464. The maximum atomic E-state index is 13.0. The molecule has 27 heavy (non-hydrogen) atoms. The summed E-state index contributed by atoms with van der Waals surface area (Å²) >= 11 is 0. The Hall–Kier alpha value is -2.03. The topological polar surface area (TPSA) is 87.6 Å². The van der Waals surface area contributed by atoms with Crippen molar-refractivity contribution >= 4 is 6.15 Å². The number of alkyl halides is 3. The molecule has 2 fully saturated rings. The molecule has 0 N–H and O–H groups in total. The van der Waals surface area contributed by atoms with Crippen LogP contribution in [0.4, 0.5) is 13.2 Å². The van der Waals surface area contributed by atoms with E-state index in [0.29, 0.717) is 57.4 Å². The highest BCUT2D eigenvalue weighted by atomic mass is 19.4. The number of halogens is 3. The molecule has 2 heterocycles. The summed E-state index contributed by atoms with van der Waals surface area (Å²) in [5.41, 5.74) is 0.351. The second-order valence-electron chi connectivity index (χ2n) is 6.28. The molecule has 1 aromatic heterocycles. The zero-order valence-corrected chi connectivity index (χ0v) is 14.9. The highest BCUT2D eigenvalue weighted by Gasteiger charge is 2.41. The van der Waals surface area contributed by atoms with E-state index in [1.807, 2.05) is 6.92 Å². The molecular weight excluding hydrogens is 369 g/mol. The standard InChI is InChI=1S/C16H21F3N2O3.CO2/c1-2-3-11-10-13(21-14(20-11)16(17,18)19)24-12-4-6-15(7-5-12)22-8-9-23-15;2-1-3/h10,12H,2-9H2,1H3;. The third kappa shape index (κ3) is 5.98. The van der Waals surface area contributed by atoms with Crippen LogP contribution in [0.5, 0.6) is 5.88 Å². The predicted molar refractivity (Wildman–Crippen MR) is 83.6 cm³/mol. The van der Waals surface area contributed by atoms with Gasteiger partial charge in [0.15, 0.2) is 5.79 Å². The van der Waals surface area contributed by atoms with Crippen LogP contribution in [0.25, 0.3) is 0 Å². The number of carbonyl (C=O) groups excluding carboxylic acids is 2. The summed E-state index contributed by atoms with van der Waals surface area (Å²) in [4.78, 5) is 23.4. The molecule has 0 unspecified atom stereocenters. The maximum absolute atomic E-state index is 13.0. The van der Waals surface area contributed by atoms with Gasteiger partial charge in [0.2, 0.25) is 11.7 Å². The van der Waals surface area contributed by atoms with E-state index < -0.39 is 17.8 Å². The van der Waals surface area contributed by atoms with Gasteiger partial charge in [-0.05, 0) is 19.3 Å². The van der Waals surface area contributed by atoms with Gasteiger partial charge in [-0.3, -0.25) is 0 Å². The van der Waals surface area contributed by atoms with Gasteiger partial charge in [-0.1, -0.05) is 13.3 Å². The highest BCUT2D eigenvalue weighted by Crippen LogP contribution is 2.37. The van der Waals surface area contributed by atoms with Crippen LogP contribution in [0, 0.1) is 0 Å². The van der Waals surface area contributed by atoms with Gasteiger partial charge in [-0.2, -0.15) is 27.7 Å². The average Bonchev–Trinajstić information content (AvgIpc) is 3.06. The second kappa shape index (κ2) is 9.25. The zero-order valence-electron chi connectivity index (χ0n) is 14.9. The van der Waals surface area contributed by atoms with Crippen molar-refractivity contribution in [2.45, 2.75) is 63.5 Å². The second-order valence-corrected chi connectivity index (χ2v) is 6.28. The molecule has 1 aliphatic heterocycles. The molecule has 1 saturated carbocycles. The van der Waals surface area contributed by atoms with E-state index in [9.17, 15) is 13.2 Å². The Bertz CT molecular complexity index is 646. The molecule has 3 rings (SSSR count). The Morgan fingerprint density at radius 3 is 2.33 bits per heavy atom. The summed E-state index contributed by atoms with van der Waals surface area (Å²) in [6.07, 6.45) is -0.680. The van der Waals surface area contributed by atoms with Crippen molar-refractivity contribution in [2.24, 2.45) is 0 Å². The normalized spacial score (nSPS) is 19.3. The average molecular weight is 390 g/mol. The molecule has 10 heteroatoms. The molecule has 0 aromatic carbocycles. The fraction of sp³-hybridized carbons (Fsp3) is 0.706. The first-order valence-electron chi connectivity index (χ1n) is 8.71. The monoisotopic (exact) mass is 390 g/mol. The zero-order chi connectivity index (χ0) is 19.9. The molecular formula is C17H21F3N2O5. The molecule has 2 aliphatic rings. The van der Waals surface area contributed by atoms with Gasteiger partial charge in [0.05, 0.1) is 13.2 Å². The Balaban J connectivity index is 0.000000817. The van der Waals surface area contributed by atoms with Crippen LogP contribution in [-0.2, 0) is 31.7 Å². The van der Waals surface area contributed by atoms with Gasteiger partial charge in [0, 0.05) is 24.6 Å². The van der Waals surface area contributed by atoms with E-state index in [4.69, 9.17) is 23.8 Å². The molecule has 0 atom stereocenters. The van der Waals surface area contributed by atoms with Crippen molar-refractivity contribution in [3.05, 3.63) is 17.6 Å². The smallest absolute Gasteiger partial charge is 0.451 e. The van der Waals surface area contributed by atoms with Crippen molar-refractivity contribution in [3.63, 3.8) is 0 Å². The third-order valence-electron chi connectivity index (χ3n) is 4.31. The van der Waals surface area contributed by atoms with Crippen molar-refractivity contribution in [2.75, 3.05) is 13.2 Å². The van der Waals surface area contributed by atoms with E-state index in [0.717, 1.165) is 0 Å². The fourth-order valence-electron chi connectivity index (χ4n) is 3.15. The number of ether oxygens (including phenoxy) is 3. The van der Waals surface area contributed by atoms with Crippen molar-refractivity contribution in [3.8, 4) is 5.88 Å². The molecule has 7 nitrogen and oxygen atoms in total. The van der Waals surface area contributed by atoms with Crippen LogP contribution < -0.4 is 4.74 Å². The number of hydrogen-bond donors (Lipinski definition) is 0. The van der Waals surface area contributed by atoms with Crippen LogP contribution in [0.1, 0.15) is 50.5 Å². The lowest BCUT2D eigenvalue weighted by Crippen LogP contribution is -2.38. The van der Waals surface area contributed by atoms with Crippen molar-refractivity contribution in [1.82, 2.24) is 9.97 Å².